The van der Waals surface area contributed by atoms with E-state index < -0.39 is 34.5 Å². The number of ether oxygens (including phenoxy) is 1. The first-order valence-corrected chi connectivity index (χ1v) is 5.50. The zero-order valence-electron chi connectivity index (χ0n) is 9.75. The second-order valence-corrected chi connectivity index (χ2v) is 3.77. The number of aliphatic carboxylic acids is 1. The van der Waals surface area contributed by atoms with Crippen molar-refractivity contribution in [1.29, 1.82) is 0 Å². The average molecular weight is 291 g/mol. The molecule has 0 aromatic heterocycles. The zero-order valence-corrected chi connectivity index (χ0v) is 10.5. The van der Waals surface area contributed by atoms with E-state index in [1.54, 1.807) is 6.92 Å². The molecule has 0 aliphatic heterocycles. The van der Waals surface area contributed by atoms with Crippen LogP contribution in [0.4, 0.5) is 8.78 Å². The van der Waals surface area contributed by atoms with Gasteiger partial charge in [0.2, 0.25) is 5.78 Å². The van der Waals surface area contributed by atoms with Crippen molar-refractivity contribution in [2.24, 2.45) is 0 Å². The summed E-state index contributed by atoms with van der Waals surface area (Å²) in [5.74, 6) is -5.15. The molecule has 0 radical (unpaired) electrons. The van der Waals surface area contributed by atoms with Gasteiger partial charge in [-0.05, 0) is 19.1 Å². The first-order valence-electron chi connectivity index (χ1n) is 5.12. The number of halogens is 3. The molecule has 1 aromatic rings. The van der Waals surface area contributed by atoms with Crippen molar-refractivity contribution in [2.45, 2.75) is 6.92 Å². The summed E-state index contributed by atoms with van der Waals surface area (Å²) < 4.78 is 30.6. The highest BCUT2D eigenvalue weighted by atomic mass is 35.5. The van der Waals surface area contributed by atoms with Gasteiger partial charge in [-0.1, -0.05) is 11.6 Å². The summed E-state index contributed by atoms with van der Waals surface area (Å²) in [5, 5.41) is 8.48. The Balaban J connectivity index is 3.24. The zero-order chi connectivity index (χ0) is 14.6. The van der Waals surface area contributed by atoms with Crippen LogP contribution in [0.25, 0.3) is 0 Å². The molecular weight excluding hydrogens is 282 g/mol. The van der Waals surface area contributed by atoms with Gasteiger partial charge in [-0.3, -0.25) is 4.79 Å². The molecule has 0 atom stereocenters. The molecule has 0 saturated heterocycles. The third kappa shape index (κ3) is 3.51. The number of carboxylic acid groups (broad SMARTS) is 1. The van der Waals surface area contributed by atoms with Gasteiger partial charge >= 0.3 is 5.97 Å². The van der Waals surface area contributed by atoms with Crippen molar-refractivity contribution in [2.75, 3.05) is 6.61 Å². The van der Waals surface area contributed by atoms with E-state index >= 15 is 0 Å². The van der Waals surface area contributed by atoms with E-state index in [0.717, 1.165) is 6.26 Å². The van der Waals surface area contributed by atoms with Gasteiger partial charge in [0.15, 0.2) is 11.6 Å². The molecule has 19 heavy (non-hydrogen) atoms. The minimum atomic E-state index is -1.56. The number of carboxylic acids is 1. The van der Waals surface area contributed by atoms with Gasteiger partial charge in [-0.25, -0.2) is 13.6 Å². The van der Waals surface area contributed by atoms with Gasteiger partial charge in [0.05, 0.1) is 11.6 Å². The largest absolute Gasteiger partial charge is 0.500 e. The molecule has 0 bridgehead atoms. The lowest BCUT2D eigenvalue weighted by Gasteiger charge is -2.05. The fraction of sp³-hybridized carbons (Fsp3) is 0.167. The number of hydrogen-bond donors (Lipinski definition) is 1. The third-order valence-corrected chi connectivity index (χ3v) is 2.41. The average Bonchev–Trinajstić information content (AvgIpc) is 2.33. The van der Waals surface area contributed by atoms with Crippen LogP contribution in [0.5, 0.6) is 0 Å². The number of carbonyl (C=O) groups excluding carboxylic acids is 1. The monoisotopic (exact) mass is 290 g/mol. The molecule has 7 heteroatoms. The van der Waals surface area contributed by atoms with E-state index in [9.17, 15) is 18.4 Å². The maximum absolute atomic E-state index is 13.1. The lowest BCUT2D eigenvalue weighted by atomic mass is 10.0. The number of hydrogen-bond acceptors (Lipinski definition) is 3. The highest BCUT2D eigenvalue weighted by molar-refractivity contribution is 6.36. The lowest BCUT2D eigenvalue weighted by Crippen LogP contribution is -2.14. The molecule has 0 amide bonds. The van der Waals surface area contributed by atoms with Crippen molar-refractivity contribution in [3.8, 4) is 0 Å². The Bertz CT molecular complexity index is 555. The Labute approximate surface area is 112 Å². The molecule has 0 spiro atoms. The molecule has 0 unspecified atom stereocenters. The predicted molar refractivity (Wildman–Crippen MR) is 63.0 cm³/mol. The van der Waals surface area contributed by atoms with Crippen LogP contribution in [0.15, 0.2) is 24.0 Å². The second-order valence-electron chi connectivity index (χ2n) is 3.37. The number of Topliss-reactive ketones (excluding diaryl/α,β-unsaturated/α-hetero) is 1. The Morgan fingerprint density at radius 1 is 1.37 bits per heavy atom. The maximum atomic E-state index is 13.1. The minimum Gasteiger partial charge on any atom is -0.500 e. The van der Waals surface area contributed by atoms with Crippen LogP contribution < -0.4 is 0 Å². The van der Waals surface area contributed by atoms with Gasteiger partial charge in [0.25, 0.3) is 0 Å². The highest BCUT2D eigenvalue weighted by Crippen LogP contribution is 2.23. The van der Waals surface area contributed by atoms with Crippen LogP contribution in [0.3, 0.4) is 0 Å². The maximum Gasteiger partial charge on any atom is 0.342 e. The van der Waals surface area contributed by atoms with Gasteiger partial charge < -0.3 is 9.84 Å². The van der Waals surface area contributed by atoms with Crippen molar-refractivity contribution < 1.29 is 28.2 Å². The molecule has 0 aliphatic carbocycles. The Kier molecular flexibility index (Phi) is 5.00. The summed E-state index contributed by atoms with van der Waals surface area (Å²) in [6.07, 6.45) is 0.738. The van der Waals surface area contributed by atoms with Crippen LogP contribution in [0.2, 0.25) is 5.02 Å². The van der Waals surface area contributed by atoms with Gasteiger partial charge in [0.1, 0.15) is 11.8 Å². The van der Waals surface area contributed by atoms with Crippen LogP contribution >= 0.6 is 11.6 Å². The van der Waals surface area contributed by atoms with Gasteiger partial charge in [-0.2, -0.15) is 0 Å². The van der Waals surface area contributed by atoms with Gasteiger partial charge in [0, 0.05) is 5.56 Å². The summed E-state index contributed by atoms with van der Waals surface area (Å²) in [6, 6.07) is 1.15. The molecule has 4 nitrogen and oxygen atoms in total. The number of rotatable bonds is 5. The van der Waals surface area contributed by atoms with E-state index in [0.29, 0.717) is 12.1 Å². The van der Waals surface area contributed by atoms with Crippen molar-refractivity contribution in [3.63, 3.8) is 0 Å². The Hall–Kier alpha value is -1.95. The normalized spacial score (nSPS) is 11.3. The first kappa shape index (κ1) is 15.1. The van der Waals surface area contributed by atoms with Crippen molar-refractivity contribution in [3.05, 3.63) is 46.2 Å². The lowest BCUT2D eigenvalue weighted by molar-refractivity contribution is -0.132. The molecule has 1 rings (SSSR count). The Morgan fingerprint density at radius 2 is 1.95 bits per heavy atom. The minimum absolute atomic E-state index is 0.148. The number of carbonyl (C=O) groups is 2. The first-order chi connectivity index (χ1) is 8.88. The van der Waals surface area contributed by atoms with Crippen LogP contribution in [-0.4, -0.2) is 23.5 Å². The molecule has 1 N–H and O–H groups in total. The predicted octanol–water partition coefficient (Wildman–Crippen LogP) is 2.81. The Morgan fingerprint density at radius 3 is 2.47 bits per heavy atom. The summed E-state index contributed by atoms with van der Waals surface area (Å²) in [7, 11) is 0. The van der Waals surface area contributed by atoms with E-state index in [2.05, 4.69) is 0 Å². The molecular formula is C12H9ClF2O4. The van der Waals surface area contributed by atoms with Crippen molar-refractivity contribution >= 4 is 23.4 Å². The number of ketones is 1. The SMILES string of the molecule is CCO/C=C(\C(=O)O)C(=O)c1cc(F)c(F)cc1Cl. The molecule has 0 saturated carbocycles. The quantitative estimate of drug-likeness (QED) is 0.226. The number of benzene rings is 1. The van der Waals surface area contributed by atoms with Gasteiger partial charge in [-0.15, -0.1) is 0 Å². The molecule has 102 valence electrons. The summed E-state index contributed by atoms with van der Waals surface area (Å²) >= 11 is 5.59. The van der Waals surface area contributed by atoms with Crippen LogP contribution in [-0.2, 0) is 9.53 Å². The smallest absolute Gasteiger partial charge is 0.342 e. The van der Waals surface area contributed by atoms with E-state index in [4.69, 9.17) is 21.4 Å². The summed E-state index contributed by atoms with van der Waals surface area (Å²) in [4.78, 5) is 22.8. The van der Waals surface area contributed by atoms with Crippen molar-refractivity contribution in [1.82, 2.24) is 0 Å². The highest BCUT2D eigenvalue weighted by Gasteiger charge is 2.23. The van der Waals surface area contributed by atoms with E-state index in [1.165, 1.54) is 0 Å². The second kappa shape index (κ2) is 6.29. The third-order valence-electron chi connectivity index (χ3n) is 2.10. The molecule has 0 fully saturated rings. The molecule has 0 heterocycles. The van der Waals surface area contributed by atoms with Crippen LogP contribution in [0.1, 0.15) is 17.3 Å². The standard InChI is InChI=1S/C12H9ClF2O4/c1-2-19-5-7(12(17)18)11(16)6-3-9(14)10(15)4-8(6)13/h3-5H,2H2,1H3,(H,17,18)/b7-5-. The fourth-order valence-electron chi connectivity index (χ4n) is 1.21. The van der Waals surface area contributed by atoms with Crippen LogP contribution in [0, 0.1) is 11.6 Å². The van der Waals surface area contributed by atoms with E-state index in [-0.39, 0.29) is 11.6 Å². The summed E-state index contributed by atoms with van der Waals surface area (Å²) in [5.41, 5.74) is -1.18. The summed E-state index contributed by atoms with van der Waals surface area (Å²) in [6.45, 7) is 1.74. The topological polar surface area (TPSA) is 63.6 Å². The molecule has 0 aliphatic rings. The molecule has 1 aromatic carbocycles. The fourth-order valence-corrected chi connectivity index (χ4v) is 1.45. The van der Waals surface area contributed by atoms with E-state index in [1.807, 2.05) is 0 Å².